The maximum absolute atomic E-state index is 11.8. The van der Waals surface area contributed by atoms with Gasteiger partial charge in [-0.3, -0.25) is 0 Å². The van der Waals surface area contributed by atoms with E-state index in [1.807, 2.05) is 6.92 Å². The van der Waals surface area contributed by atoms with E-state index in [1.54, 1.807) is 4.68 Å². The van der Waals surface area contributed by atoms with Crippen molar-refractivity contribution in [2.45, 2.75) is 43.5 Å². The van der Waals surface area contributed by atoms with Gasteiger partial charge in [-0.2, -0.15) is 5.10 Å². The third kappa shape index (κ3) is 2.31. The fraction of sp³-hybridized carbons (Fsp3) is 0.727. The third-order valence-corrected chi connectivity index (χ3v) is 4.43. The average Bonchev–Trinajstić information content (AvgIpc) is 2.84. The number of nitrogen functional groups attached to an aromatic ring is 1. The first-order valence-corrected chi connectivity index (χ1v) is 8.16. The summed E-state index contributed by atoms with van der Waals surface area (Å²) in [6, 6.07) is 0.234. The van der Waals surface area contributed by atoms with Gasteiger partial charge in [0.05, 0.1) is 6.04 Å². The SMILES string of the molecule is CCNc1nn(C2CCCC2)c(N)c1S(C)(=O)=O. The van der Waals surface area contributed by atoms with Crippen molar-refractivity contribution >= 4 is 21.5 Å². The van der Waals surface area contributed by atoms with Crippen molar-refractivity contribution in [3.05, 3.63) is 0 Å². The largest absolute Gasteiger partial charge is 0.383 e. The molecule has 0 radical (unpaired) electrons. The Balaban J connectivity index is 2.50. The van der Waals surface area contributed by atoms with Crippen molar-refractivity contribution in [2.75, 3.05) is 23.9 Å². The third-order valence-electron chi connectivity index (χ3n) is 3.29. The van der Waals surface area contributed by atoms with Gasteiger partial charge in [-0.1, -0.05) is 12.8 Å². The lowest BCUT2D eigenvalue weighted by atomic mass is 10.2. The van der Waals surface area contributed by atoms with E-state index in [-0.39, 0.29) is 16.8 Å². The number of nitrogens with zero attached hydrogens (tertiary/aromatic N) is 2. The highest BCUT2D eigenvalue weighted by atomic mass is 32.2. The Labute approximate surface area is 107 Å². The summed E-state index contributed by atoms with van der Waals surface area (Å²) in [6.45, 7) is 2.51. The van der Waals surface area contributed by atoms with Crippen molar-refractivity contribution in [1.29, 1.82) is 0 Å². The quantitative estimate of drug-likeness (QED) is 0.865. The van der Waals surface area contributed by atoms with Crippen molar-refractivity contribution in [3.63, 3.8) is 0 Å². The van der Waals surface area contributed by atoms with Crippen molar-refractivity contribution in [3.8, 4) is 0 Å². The Morgan fingerprint density at radius 2 is 2.06 bits per heavy atom. The minimum atomic E-state index is -3.37. The fourth-order valence-electron chi connectivity index (χ4n) is 2.51. The lowest BCUT2D eigenvalue weighted by Crippen LogP contribution is -2.11. The average molecular weight is 272 g/mol. The number of anilines is 2. The molecule has 1 fully saturated rings. The smallest absolute Gasteiger partial charge is 0.182 e. The van der Waals surface area contributed by atoms with Crippen molar-refractivity contribution in [1.82, 2.24) is 9.78 Å². The molecule has 0 spiro atoms. The van der Waals surface area contributed by atoms with Crippen LogP contribution < -0.4 is 11.1 Å². The van der Waals surface area contributed by atoms with Crippen molar-refractivity contribution < 1.29 is 8.42 Å². The molecule has 2 rings (SSSR count). The molecule has 0 amide bonds. The summed E-state index contributed by atoms with van der Waals surface area (Å²) in [5.74, 6) is 0.643. The van der Waals surface area contributed by atoms with Gasteiger partial charge in [0, 0.05) is 12.8 Å². The lowest BCUT2D eigenvalue weighted by molar-refractivity contribution is 0.474. The van der Waals surface area contributed by atoms with Crippen LogP contribution >= 0.6 is 0 Å². The predicted molar refractivity (Wildman–Crippen MR) is 71.4 cm³/mol. The van der Waals surface area contributed by atoms with Crippen LogP contribution in [0, 0.1) is 0 Å². The minimum absolute atomic E-state index is 0.135. The van der Waals surface area contributed by atoms with Gasteiger partial charge < -0.3 is 11.1 Å². The summed E-state index contributed by atoms with van der Waals surface area (Å²) in [7, 11) is -3.37. The molecule has 1 aliphatic rings. The van der Waals surface area contributed by atoms with Gasteiger partial charge in [-0.25, -0.2) is 13.1 Å². The zero-order valence-electron chi connectivity index (χ0n) is 10.8. The Bertz CT molecular complexity index is 529. The first-order valence-electron chi connectivity index (χ1n) is 6.27. The summed E-state index contributed by atoms with van der Waals surface area (Å²) in [4.78, 5) is 0.135. The number of rotatable bonds is 4. The molecule has 1 aromatic heterocycles. The van der Waals surface area contributed by atoms with E-state index >= 15 is 0 Å². The molecule has 6 nitrogen and oxygen atoms in total. The summed E-state index contributed by atoms with van der Waals surface area (Å²) >= 11 is 0. The molecule has 1 aromatic rings. The zero-order valence-corrected chi connectivity index (χ0v) is 11.6. The monoisotopic (exact) mass is 272 g/mol. The zero-order chi connectivity index (χ0) is 13.3. The Morgan fingerprint density at radius 3 is 2.56 bits per heavy atom. The van der Waals surface area contributed by atoms with E-state index in [2.05, 4.69) is 10.4 Å². The van der Waals surface area contributed by atoms with Gasteiger partial charge in [0.15, 0.2) is 20.6 Å². The predicted octanol–water partition coefficient (Wildman–Crippen LogP) is 1.42. The molecule has 1 aliphatic carbocycles. The van der Waals surface area contributed by atoms with Crippen LogP contribution in [0.2, 0.25) is 0 Å². The maximum atomic E-state index is 11.8. The first-order chi connectivity index (χ1) is 8.45. The molecule has 1 heterocycles. The van der Waals surface area contributed by atoms with Crippen LogP contribution in [0.4, 0.5) is 11.6 Å². The van der Waals surface area contributed by atoms with E-state index < -0.39 is 9.84 Å². The number of nitrogens with two attached hydrogens (primary N) is 1. The topological polar surface area (TPSA) is 90.0 Å². The van der Waals surface area contributed by atoms with E-state index in [0.717, 1.165) is 25.7 Å². The fourth-order valence-corrected chi connectivity index (χ4v) is 3.45. The molecule has 18 heavy (non-hydrogen) atoms. The Hall–Kier alpha value is -1.24. The molecule has 7 heteroatoms. The standard InChI is InChI=1S/C11H20N4O2S/c1-3-13-11-9(18(2,16)17)10(12)15(14-11)8-6-4-5-7-8/h8H,3-7,12H2,1-2H3,(H,13,14). The lowest BCUT2D eigenvalue weighted by Gasteiger charge is -2.11. The van der Waals surface area contributed by atoms with E-state index in [1.165, 1.54) is 6.26 Å². The van der Waals surface area contributed by atoms with Crippen LogP contribution in [0.5, 0.6) is 0 Å². The molecule has 1 saturated carbocycles. The summed E-state index contributed by atoms with van der Waals surface area (Å²) < 4.78 is 25.3. The molecular weight excluding hydrogens is 252 g/mol. The van der Waals surface area contributed by atoms with Crippen LogP contribution in [0.25, 0.3) is 0 Å². The minimum Gasteiger partial charge on any atom is -0.383 e. The van der Waals surface area contributed by atoms with Gasteiger partial charge in [-0.15, -0.1) is 0 Å². The Kier molecular flexibility index (Phi) is 3.52. The molecular formula is C11H20N4O2S. The number of nitrogens with one attached hydrogen (secondary N) is 1. The van der Waals surface area contributed by atoms with Gasteiger partial charge in [0.25, 0.3) is 0 Å². The molecule has 102 valence electrons. The highest BCUT2D eigenvalue weighted by molar-refractivity contribution is 7.91. The second-order valence-electron chi connectivity index (χ2n) is 4.75. The summed E-state index contributed by atoms with van der Waals surface area (Å²) in [5, 5.41) is 7.33. The Morgan fingerprint density at radius 1 is 1.44 bits per heavy atom. The molecule has 0 aromatic carbocycles. The number of aromatic nitrogens is 2. The van der Waals surface area contributed by atoms with Gasteiger partial charge >= 0.3 is 0 Å². The molecule has 0 aliphatic heterocycles. The molecule has 0 saturated heterocycles. The van der Waals surface area contributed by atoms with E-state index in [4.69, 9.17) is 5.73 Å². The number of sulfone groups is 1. The van der Waals surface area contributed by atoms with Crippen LogP contribution in [0.1, 0.15) is 38.6 Å². The first kappa shape index (κ1) is 13.2. The maximum Gasteiger partial charge on any atom is 0.182 e. The molecule has 0 bridgehead atoms. The van der Waals surface area contributed by atoms with E-state index in [0.29, 0.717) is 12.4 Å². The van der Waals surface area contributed by atoms with Crippen molar-refractivity contribution in [2.24, 2.45) is 0 Å². The highest BCUT2D eigenvalue weighted by Gasteiger charge is 2.28. The van der Waals surface area contributed by atoms with Crippen LogP contribution in [-0.2, 0) is 9.84 Å². The second-order valence-corrected chi connectivity index (χ2v) is 6.70. The number of hydrogen-bond donors (Lipinski definition) is 2. The van der Waals surface area contributed by atoms with Crippen LogP contribution in [-0.4, -0.2) is 31.0 Å². The highest BCUT2D eigenvalue weighted by Crippen LogP contribution is 2.35. The second kappa shape index (κ2) is 4.79. The normalized spacial score (nSPS) is 17.2. The van der Waals surface area contributed by atoms with Gasteiger partial charge in [0.1, 0.15) is 5.82 Å². The summed E-state index contributed by atoms with van der Waals surface area (Å²) in [6.07, 6.45) is 5.49. The van der Waals surface area contributed by atoms with Crippen LogP contribution in [0.3, 0.4) is 0 Å². The van der Waals surface area contributed by atoms with Gasteiger partial charge in [-0.05, 0) is 19.8 Å². The van der Waals surface area contributed by atoms with Gasteiger partial charge in [0.2, 0.25) is 0 Å². The molecule has 0 atom stereocenters. The summed E-state index contributed by atoms with van der Waals surface area (Å²) in [5.41, 5.74) is 5.98. The molecule has 0 unspecified atom stereocenters. The van der Waals surface area contributed by atoms with Crippen LogP contribution in [0.15, 0.2) is 4.90 Å². The molecule has 3 N–H and O–H groups in total. The number of hydrogen-bond acceptors (Lipinski definition) is 5. The van der Waals surface area contributed by atoms with E-state index in [9.17, 15) is 8.42 Å².